The molecule has 0 bridgehead atoms. The van der Waals surface area contributed by atoms with Crippen molar-refractivity contribution in [3.05, 3.63) is 36.2 Å². The van der Waals surface area contributed by atoms with E-state index in [-0.39, 0.29) is 5.82 Å². The highest BCUT2D eigenvalue weighted by molar-refractivity contribution is 7.93. The van der Waals surface area contributed by atoms with Crippen LogP contribution in [0.15, 0.2) is 35.1 Å². The first-order valence-electron chi connectivity index (χ1n) is 8.91. The Bertz CT molecular complexity index is 1040. The number of sulfonamides is 1. The first-order valence-corrected chi connectivity index (χ1v) is 10.5. The molecule has 1 saturated carbocycles. The molecular weight excluding hydrogens is 368 g/mol. The van der Waals surface area contributed by atoms with Crippen molar-refractivity contribution >= 4 is 26.8 Å². The summed E-state index contributed by atoms with van der Waals surface area (Å²) in [5, 5.41) is 8.26. The number of nitrogens with one attached hydrogen (secondary N) is 1. The quantitative estimate of drug-likeness (QED) is 0.695. The lowest BCUT2D eigenvalue weighted by atomic mass is 10.1. The fourth-order valence-electron chi connectivity index (χ4n) is 3.65. The van der Waals surface area contributed by atoms with Gasteiger partial charge in [0.15, 0.2) is 11.4 Å². The van der Waals surface area contributed by atoms with Gasteiger partial charge >= 0.3 is 0 Å². The summed E-state index contributed by atoms with van der Waals surface area (Å²) in [4.78, 5) is 0. The van der Waals surface area contributed by atoms with Gasteiger partial charge in [-0.3, -0.25) is 9.40 Å². The molecule has 1 N–H and O–H groups in total. The average molecular weight is 390 g/mol. The third-order valence-corrected chi connectivity index (χ3v) is 6.83. The van der Waals surface area contributed by atoms with E-state index in [1.165, 1.54) is 7.11 Å². The Labute approximate surface area is 157 Å². The molecule has 4 rings (SSSR count). The van der Waals surface area contributed by atoms with Crippen molar-refractivity contribution in [2.45, 2.75) is 38.0 Å². The number of rotatable bonds is 6. The third-order valence-electron chi connectivity index (χ3n) is 5.05. The molecule has 1 aromatic carbocycles. The summed E-state index contributed by atoms with van der Waals surface area (Å²) >= 11 is 0. The summed E-state index contributed by atoms with van der Waals surface area (Å²) in [5.74, 6) is 1.10. The zero-order valence-electron chi connectivity index (χ0n) is 15.3. The summed E-state index contributed by atoms with van der Waals surface area (Å²) in [6.45, 7) is 2.62. The molecule has 8 nitrogen and oxygen atoms in total. The summed E-state index contributed by atoms with van der Waals surface area (Å²) in [7, 11) is -1.99. The Hall–Kier alpha value is -2.55. The van der Waals surface area contributed by atoms with E-state index in [1.807, 2.05) is 24.4 Å². The molecule has 3 aromatic rings. The van der Waals surface area contributed by atoms with Crippen LogP contribution in [0.2, 0.25) is 0 Å². The van der Waals surface area contributed by atoms with E-state index in [1.54, 1.807) is 10.9 Å². The molecule has 1 fully saturated rings. The van der Waals surface area contributed by atoms with Crippen LogP contribution >= 0.6 is 0 Å². The fourth-order valence-corrected chi connectivity index (χ4v) is 5.25. The molecule has 1 aliphatic carbocycles. The van der Waals surface area contributed by atoms with Crippen molar-refractivity contribution in [3.63, 3.8) is 0 Å². The lowest BCUT2D eigenvalue weighted by Crippen LogP contribution is -2.25. The van der Waals surface area contributed by atoms with Crippen LogP contribution < -0.4 is 9.46 Å². The van der Waals surface area contributed by atoms with Gasteiger partial charge in [0.25, 0.3) is 0 Å². The van der Waals surface area contributed by atoms with Crippen molar-refractivity contribution < 1.29 is 17.7 Å². The number of hydrogen-bond donors (Lipinski definition) is 1. The van der Waals surface area contributed by atoms with E-state index < -0.39 is 15.3 Å². The van der Waals surface area contributed by atoms with Crippen LogP contribution in [0.4, 0.5) is 5.82 Å². The van der Waals surface area contributed by atoms with Gasteiger partial charge in [-0.05, 0) is 48.9 Å². The molecule has 0 spiro atoms. The molecule has 0 aliphatic heterocycles. The molecule has 2 heterocycles. The standard InChI is InChI=1S/C18H22N4O4S/c1-12-4-5-14(8-12)27(23,24)21-18-17-15(25-2)9-13(10-16(17)26-20-18)11-22-7-3-6-19-22/h3,6-7,9-10,12,14H,4-5,8,11H2,1-2H3,(H,20,21). The van der Waals surface area contributed by atoms with Crippen LogP contribution in [0, 0.1) is 5.92 Å². The highest BCUT2D eigenvalue weighted by atomic mass is 32.2. The molecule has 2 unspecified atom stereocenters. The monoisotopic (exact) mass is 390 g/mol. The van der Waals surface area contributed by atoms with E-state index in [4.69, 9.17) is 9.26 Å². The largest absolute Gasteiger partial charge is 0.496 e. The minimum atomic E-state index is -3.53. The number of fused-ring (bicyclic) bond motifs is 1. The predicted molar refractivity (Wildman–Crippen MR) is 101 cm³/mol. The number of aromatic nitrogens is 3. The van der Waals surface area contributed by atoms with Gasteiger partial charge in [0.2, 0.25) is 10.0 Å². The lowest BCUT2D eigenvalue weighted by molar-refractivity contribution is 0.418. The summed E-state index contributed by atoms with van der Waals surface area (Å²) < 4.78 is 40.7. The van der Waals surface area contributed by atoms with Crippen LogP contribution in [0.3, 0.4) is 0 Å². The van der Waals surface area contributed by atoms with E-state index in [0.29, 0.717) is 42.0 Å². The Morgan fingerprint density at radius 1 is 1.37 bits per heavy atom. The van der Waals surface area contributed by atoms with Crippen molar-refractivity contribution in [2.24, 2.45) is 5.92 Å². The SMILES string of the molecule is COc1cc(Cn2cccn2)cc2onc(NS(=O)(=O)C3CCC(C)C3)c12. The Balaban J connectivity index is 1.66. The molecule has 2 atom stereocenters. The second-order valence-electron chi connectivity index (χ2n) is 7.09. The minimum absolute atomic E-state index is 0.173. The topological polar surface area (TPSA) is 99.2 Å². The maximum absolute atomic E-state index is 12.7. The van der Waals surface area contributed by atoms with Crippen LogP contribution in [0.1, 0.15) is 31.7 Å². The van der Waals surface area contributed by atoms with Gasteiger partial charge in [0, 0.05) is 12.4 Å². The number of benzene rings is 1. The summed E-state index contributed by atoms with van der Waals surface area (Å²) in [6.07, 6.45) is 5.82. The third kappa shape index (κ3) is 3.51. The highest BCUT2D eigenvalue weighted by Crippen LogP contribution is 2.36. The van der Waals surface area contributed by atoms with E-state index >= 15 is 0 Å². The highest BCUT2D eigenvalue weighted by Gasteiger charge is 2.33. The smallest absolute Gasteiger partial charge is 0.236 e. The number of methoxy groups -OCH3 is 1. The average Bonchev–Trinajstić information content (AvgIpc) is 3.36. The van der Waals surface area contributed by atoms with Gasteiger partial charge in [0.1, 0.15) is 11.1 Å². The molecule has 144 valence electrons. The molecule has 0 radical (unpaired) electrons. The molecule has 2 aromatic heterocycles. The zero-order valence-corrected chi connectivity index (χ0v) is 16.1. The van der Waals surface area contributed by atoms with Gasteiger partial charge in [-0.15, -0.1) is 0 Å². The molecule has 27 heavy (non-hydrogen) atoms. The lowest BCUT2D eigenvalue weighted by Gasteiger charge is -2.12. The zero-order chi connectivity index (χ0) is 19.0. The molecule has 0 saturated heterocycles. The second kappa shape index (κ2) is 6.88. The number of ether oxygens (including phenoxy) is 1. The maximum Gasteiger partial charge on any atom is 0.236 e. The van der Waals surface area contributed by atoms with Gasteiger partial charge in [-0.1, -0.05) is 12.1 Å². The van der Waals surface area contributed by atoms with Crippen LogP contribution in [-0.4, -0.2) is 35.7 Å². The van der Waals surface area contributed by atoms with Gasteiger partial charge < -0.3 is 9.26 Å². The fraction of sp³-hybridized carbons (Fsp3) is 0.444. The summed E-state index contributed by atoms with van der Waals surface area (Å²) in [5.41, 5.74) is 1.38. The molecule has 0 amide bonds. The number of hydrogen-bond acceptors (Lipinski definition) is 6. The van der Waals surface area contributed by atoms with Crippen LogP contribution in [0.25, 0.3) is 11.0 Å². The summed E-state index contributed by atoms with van der Waals surface area (Å²) in [6, 6.07) is 5.51. The molecular formula is C18H22N4O4S. The Morgan fingerprint density at radius 2 is 2.22 bits per heavy atom. The first-order chi connectivity index (χ1) is 13.0. The Kier molecular flexibility index (Phi) is 4.55. The van der Waals surface area contributed by atoms with Gasteiger partial charge in [-0.2, -0.15) is 5.10 Å². The normalized spacial score (nSPS) is 20.2. The van der Waals surface area contributed by atoms with Crippen molar-refractivity contribution in [1.82, 2.24) is 14.9 Å². The Morgan fingerprint density at radius 3 is 2.89 bits per heavy atom. The number of anilines is 1. The maximum atomic E-state index is 12.7. The molecule has 1 aliphatic rings. The van der Waals surface area contributed by atoms with Gasteiger partial charge in [-0.25, -0.2) is 8.42 Å². The van der Waals surface area contributed by atoms with Crippen molar-refractivity contribution in [1.29, 1.82) is 0 Å². The first kappa shape index (κ1) is 17.8. The van der Waals surface area contributed by atoms with E-state index in [2.05, 4.69) is 21.9 Å². The van der Waals surface area contributed by atoms with E-state index in [0.717, 1.165) is 12.0 Å². The van der Waals surface area contributed by atoms with Crippen molar-refractivity contribution in [3.8, 4) is 5.75 Å². The minimum Gasteiger partial charge on any atom is -0.496 e. The van der Waals surface area contributed by atoms with Gasteiger partial charge in [0.05, 0.1) is 18.9 Å². The molecule has 9 heteroatoms. The predicted octanol–water partition coefficient (Wildman–Crippen LogP) is 3.01. The number of nitrogens with zero attached hydrogens (tertiary/aromatic N) is 3. The van der Waals surface area contributed by atoms with Crippen molar-refractivity contribution in [2.75, 3.05) is 11.8 Å². The van der Waals surface area contributed by atoms with Crippen LogP contribution in [-0.2, 0) is 16.6 Å². The second-order valence-corrected chi connectivity index (χ2v) is 9.05. The van der Waals surface area contributed by atoms with E-state index in [9.17, 15) is 8.42 Å². The van der Waals surface area contributed by atoms with Crippen LogP contribution in [0.5, 0.6) is 5.75 Å².